The van der Waals surface area contributed by atoms with E-state index in [0.29, 0.717) is 12.5 Å². The first-order chi connectivity index (χ1) is 11.2. The summed E-state index contributed by atoms with van der Waals surface area (Å²) in [6.45, 7) is 4.63. The van der Waals surface area contributed by atoms with Gasteiger partial charge in [-0.3, -0.25) is 0 Å². The lowest BCUT2D eigenvalue weighted by molar-refractivity contribution is 0.214. The van der Waals surface area contributed by atoms with Gasteiger partial charge in [0.2, 0.25) is 0 Å². The number of oxime groups is 1. The maximum Gasteiger partial charge on any atom is 0.187 e. The van der Waals surface area contributed by atoms with Crippen molar-refractivity contribution in [1.29, 1.82) is 5.26 Å². The highest BCUT2D eigenvalue weighted by Gasteiger charge is 2.12. The first-order valence-corrected chi connectivity index (χ1v) is 7.48. The average Bonchev–Trinajstić information content (AvgIpc) is 2.58. The summed E-state index contributed by atoms with van der Waals surface area (Å²) in [5, 5.41) is 13.0. The van der Waals surface area contributed by atoms with Gasteiger partial charge in [0.05, 0.1) is 0 Å². The SMILES string of the molecule is CO/N=C(\C#N)c1ccccc1COc1ccccc1C(C)C. The molecule has 0 aromatic heterocycles. The molecule has 0 heterocycles. The minimum Gasteiger partial charge on any atom is -0.489 e. The monoisotopic (exact) mass is 308 g/mol. The second-order valence-corrected chi connectivity index (χ2v) is 5.37. The molecule has 2 aromatic rings. The van der Waals surface area contributed by atoms with Crippen LogP contribution in [0.15, 0.2) is 53.7 Å². The smallest absolute Gasteiger partial charge is 0.187 e. The molecule has 0 fully saturated rings. The van der Waals surface area contributed by atoms with Crippen LogP contribution in [0.4, 0.5) is 0 Å². The van der Waals surface area contributed by atoms with Crippen molar-refractivity contribution >= 4 is 5.71 Å². The minimum absolute atomic E-state index is 0.240. The number of benzene rings is 2. The third kappa shape index (κ3) is 4.10. The van der Waals surface area contributed by atoms with E-state index in [9.17, 15) is 5.26 Å². The Bertz CT molecular complexity index is 730. The molecule has 0 unspecified atom stereocenters. The van der Waals surface area contributed by atoms with Crippen molar-refractivity contribution < 1.29 is 9.57 Å². The van der Waals surface area contributed by atoms with Crippen LogP contribution >= 0.6 is 0 Å². The van der Waals surface area contributed by atoms with Crippen LogP contribution in [0.25, 0.3) is 0 Å². The summed E-state index contributed by atoms with van der Waals surface area (Å²) >= 11 is 0. The Labute approximate surface area is 137 Å². The molecule has 4 heteroatoms. The van der Waals surface area contributed by atoms with Gasteiger partial charge in [-0.15, -0.1) is 0 Å². The molecule has 4 nitrogen and oxygen atoms in total. The maximum absolute atomic E-state index is 9.24. The van der Waals surface area contributed by atoms with Gasteiger partial charge in [-0.2, -0.15) is 5.26 Å². The van der Waals surface area contributed by atoms with E-state index in [4.69, 9.17) is 9.57 Å². The molecule has 0 saturated carbocycles. The standard InChI is InChI=1S/C19H20N2O2/c1-14(2)16-9-6-7-11-19(16)23-13-15-8-4-5-10-17(15)18(12-20)21-22-3/h4-11,14H,13H2,1-3H3/b21-18+. The molecule has 0 atom stereocenters. The normalized spacial score (nSPS) is 11.2. The zero-order valence-electron chi connectivity index (χ0n) is 13.6. The number of ether oxygens (including phenoxy) is 1. The van der Waals surface area contributed by atoms with Crippen LogP contribution in [0.5, 0.6) is 5.75 Å². The lowest BCUT2D eigenvalue weighted by Gasteiger charge is -2.15. The van der Waals surface area contributed by atoms with E-state index in [1.165, 1.54) is 7.11 Å². The lowest BCUT2D eigenvalue weighted by Crippen LogP contribution is -2.07. The summed E-state index contributed by atoms with van der Waals surface area (Å²) in [7, 11) is 1.43. The molecule has 0 aliphatic rings. The second kappa shape index (κ2) is 8.00. The molecule has 0 bridgehead atoms. The number of hydrogen-bond acceptors (Lipinski definition) is 4. The van der Waals surface area contributed by atoms with Crippen molar-refractivity contribution in [1.82, 2.24) is 0 Å². The molecule has 0 N–H and O–H groups in total. The highest BCUT2D eigenvalue weighted by atomic mass is 16.6. The Kier molecular flexibility index (Phi) is 5.76. The summed E-state index contributed by atoms with van der Waals surface area (Å²) in [6.07, 6.45) is 0. The molecule has 0 amide bonds. The molecule has 0 saturated heterocycles. The number of nitriles is 1. The van der Waals surface area contributed by atoms with E-state index in [1.54, 1.807) is 0 Å². The zero-order valence-corrected chi connectivity index (χ0v) is 13.6. The number of rotatable bonds is 6. The Morgan fingerprint density at radius 2 is 1.83 bits per heavy atom. The topological polar surface area (TPSA) is 54.6 Å². The predicted octanol–water partition coefficient (Wildman–Crippen LogP) is 4.26. The van der Waals surface area contributed by atoms with Crippen LogP contribution in [-0.4, -0.2) is 12.8 Å². The van der Waals surface area contributed by atoms with Gasteiger partial charge in [0.15, 0.2) is 5.71 Å². The highest BCUT2D eigenvalue weighted by molar-refractivity contribution is 6.12. The summed E-state index contributed by atoms with van der Waals surface area (Å²) in [5.74, 6) is 1.24. The third-order valence-electron chi connectivity index (χ3n) is 3.49. The van der Waals surface area contributed by atoms with Crippen LogP contribution in [0.3, 0.4) is 0 Å². The maximum atomic E-state index is 9.24. The Morgan fingerprint density at radius 1 is 1.13 bits per heavy atom. The van der Waals surface area contributed by atoms with E-state index < -0.39 is 0 Å². The van der Waals surface area contributed by atoms with Gasteiger partial charge < -0.3 is 9.57 Å². The number of para-hydroxylation sites is 1. The van der Waals surface area contributed by atoms with E-state index in [-0.39, 0.29) is 5.71 Å². The Morgan fingerprint density at radius 3 is 2.52 bits per heavy atom. The summed E-state index contributed by atoms with van der Waals surface area (Å²) in [4.78, 5) is 4.74. The zero-order chi connectivity index (χ0) is 16.7. The van der Waals surface area contributed by atoms with E-state index in [2.05, 4.69) is 31.1 Å². The lowest BCUT2D eigenvalue weighted by atomic mass is 10.0. The van der Waals surface area contributed by atoms with Gasteiger partial charge in [-0.1, -0.05) is 61.5 Å². The minimum atomic E-state index is 0.240. The third-order valence-corrected chi connectivity index (χ3v) is 3.49. The molecule has 0 radical (unpaired) electrons. The molecule has 0 aliphatic heterocycles. The summed E-state index contributed by atoms with van der Waals surface area (Å²) < 4.78 is 5.99. The van der Waals surface area contributed by atoms with Crippen LogP contribution in [0, 0.1) is 11.3 Å². The van der Waals surface area contributed by atoms with Crippen LogP contribution < -0.4 is 4.74 Å². The van der Waals surface area contributed by atoms with Crippen molar-refractivity contribution in [3.63, 3.8) is 0 Å². The molecule has 0 aliphatic carbocycles. The van der Waals surface area contributed by atoms with Crippen molar-refractivity contribution in [3.05, 3.63) is 65.2 Å². The quantitative estimate of drug-likeness (QED) is 0.591. The van der Waals surface area contributed by atoms with Gasteiger partial charge in [0.25, 0.3) is 0 Å². The molecular formula is C19H20N2O2. The molecule has 2 aromatic carbocycles. The van der Waals surface area contributed by atoms with Crippen LogP contribution in [0.1, 0.15) is 36.5 Å². The average molecular weight is 308 g/mol. The van der Waals surface area contributed by atoms with Gasteiger partial charge >= 0.3 is 0 Å². The van der Waals surface area contributed by atoms with Gasteiger partial charge in [-0.05, 0) is 23.1 Å². The van der Waals surface area contributed by atoms with E-state index in [1.807, 2.05) is 42.5 Å². The fraction of sp³-hybridized carbons (Fsp3) is 0.263. The van der Waals surface area contributed by atoms with Crippen molar-refractivity contribution in [2.75, 3.05) is 7.11 Å². The highest BCUT2D eigenvalue weighted by Crippen LogP contribution is 2.27. The fourth-order valence-electron chi connectivity index (χ4n) is 2.34. The van der Waals surface area contributed by atoms with E-state index in [0.717, 1.165) is 22.4 Å². The first kappa shape index (κ1) is 16.6. The molecule has 118 valence electrons. The van der Waals surface area contributed by atoms with Crippen molar-refractivity contribution in [2.45, 2.75) is 26.4 Å². The van der Waals surface area contributed by atoms with Gasteiger partial charge in [-0.25, -0.2) is 0 Å². The summed E-state index contributed by atoms with van der Waals surface area (Å²) in [6, 6.07) is 17.6. The number of hydrogen-bond donors (Lipinski definition) is 0. The van der Waals surface area contributed by atoms with E-state index >= 15 is 0 Å². The fourth-order valence-corrected chi connectivity index (χ4v) is 2.34. The van der Waals surface area contributed by atoms with Crippen molar-refractivity contribution in [2.24, 2.45) is 5.16 Å². The van der Waals surface area contributed by atoms with Gasteiger partial charge in [0, 0.05) is 5.56 Å². The number of nitrogens with zero attached hydrogens (tertiary/aromatic N) is 2. The largest absolute Gasteiger partial charge is 0.489 e. The second-order valence-electron chi connectivity index (χ2n) is 5.37. The first-order valence-electron chi connectivity index (χ1n) is 7.48. The molecule has 2 rings (SSSR count). The van der Waals surface area contributed by atoms with Crippen molar-refractivity contribution in [3.8, 4) is 11.8 Å². The predicted molar refractivity (Wildman–Crippen MR) is 90.5 cm³/mol. The Balaban J connectivity index is 2.26. The Hall–Kier alpha value is -2.80. The van der Waals surface area contributed by atoms with Crippen LogP contribution in [-0.2, 0) is 11.4 Å². The molecular weight excluding hydrogens is 288 g/mol. The van der Waals surface area contributed by atoms with Gasteiger partial charge in [0.1, 0.15) is 25.5 Å². The summed E-state index contributed by atoms with van der Waals surface area (Å²) in [5.41, 5.74) is 3.02. The van der Waals surface area contributed by atoms with Crippen LogP contribution in [0.2, 0.25) is 0 Å². The molecule has 23 heavy (non-hydrogen) atoms. The molecule has 0 spiro atoms.